The second-order valence-corrected chi connectivity index (χ2v) is 7.53. The van der Waals surface area contributed by atoms with Gasteiger partial charge in [0.05, 0.1) is 0 Å². The van der Waals surface area contributed by atoms with Crippen molar-refractivity contribution in [1.29, 1.82) is 0 Å². The summed E-state index contributed by atoms with van der Waals surface area (Å²) < 4.78 is 11.8. The van der Waals surface area contributed by atoms with Crippen LogP contribution in [0, 0.1) is 0 Å². The Morgan fingerprint density at radius 3 is 1.67 bits per heavy atom. The molecule has 0 saturated carbocycles. The first kappa shape index (κ1) is 19.1. The Hall–Kier alpha value is -2.64. The number of benzene rings is 3. The van der Waals surface area contributed by atoms with E-state index in [-0.39, 0.29) is 14.1 Å². The van der Waals surface area contributed by atoms with E-state index in [0.29, 0.717) is 13.2 Å². The second-order valence-electron chi connectivity index (χ2n) is 6.01. The van der Waals surface area contributed by atoms with Gasteiger partial charge in [0.15, 0.2) is 5.52 Å². The predicted molar refractivity (Wildman–Crippen MR) is 111 cm³/mol. The molecule has 3 aromatic carbocycles. The van der Waals surface area contributed by atoms with E-state index in [4.69, 9.17) is 9.47 Å². The summed E-state index contributed by atoms with van der Waals surface area (Å²) in [5, 5.41) is 0. The van der Waals surface area contributed by atoms with Crippen LogP contribution in [0.25, 0.3) is 0 Å². The molecule has 0 amide bonds. The van der Waals surface area contributed by atoms with Crippen LogP contribution in [0.5, 0.6) is 11.5 Å². The van der Waals surface area contributed by atoms with Crippen LogP contribution < -0.4 is 9.47 Å². The van der Waals surface area contributed by atoms with Crippen LogP contribution in [0.15, 0.2) is 78.9 Å². The van der Waals surface area contributed by atoms with Crippen LogP contribution in [0.4, 0.5) is 0 Å². The molecule has 0 aliphatic rings. The predicted octanol–water partition coefficient (Wildman–Crippen LogP) is 5.68. The molecule has 1 unspecified atom stereocenters. The van der Waals surface area contributed by atoms with E-state index in [1.54, 1.807) is 0 Å². The molecule has 0 aliphatic carbocycles. The highest BCUT2D eigenvalue weighted by Crippen LogP contribution is 2.27. The SMILES string of the molecule is CCPC(=O)c1c(COc2ccccc2)cccc1COc1ccccc1. The minimum Gasteiger partial charge on any atom is -0.489 e. The van der Waals surface area contributed by atoms with Gasteiger partial charge in [-0.1, -0.05) is 61.5 Å². The van der Waals surface area contributed by atoms with Crippen LogP contribution in [-0.2, 0) is 13.2 Å². The quantitative estimate of drug-likeness (QED) is 0.449. The monoisotopic (exact) mass is 378 g/mol. The molecule has 0 fully saturated rings. The highest BCUT2D eigenvalue weighted by Gasteiger charge is 2.16. The molecule has 3 rings (SSSR count). The number of hydrogen-bond donors (Lipinski definition) is 0. The van der Waals surface area contributed by atoms with Crippen molar-refractivity contribution in [3.63, 3.8) is 0 Å². The molecular formula is C23H23O3P. The molecular weight excluding hydrogens is 355 g/mol. The van der Waals surface area contributed by atoms with Gasteiger partial charge in [0, 0.05) is 16.7 Å². The maximum atomic E-state index is 12.8. The lowest BCUT2D eigenvalue weighted by Crippen LogP contribution is -2.09. The van der Waals surface area contributed by atoms with Gasteiger partial charge in [0.1, 0.15) is 24.7 Å². The fourth-order valence-corrected chi connectivity index (χ4v) is 3.61. The molecule has 0 aliphatic heterocycles. The molecule has 27 heavy (non-hydrogen) atoms. The molecule has 4 heteroatoms. The summed E-state index contributed by atoms with van der Waals surface area (Å²) in [7, 11) is 0.251. The maximum absolute atomic E-state index is 12.8. The maximum Gasteiger partial charge on any atom is 0.181 e. The summed E-state index contributed by atoms with van der Waals surface area (Å²) in [6.07, 6.45) is 0.839. The Kier molecular flexibility index (Phi) is 7.01. The van der Waals surface area contributed by atoms with Crippen molar-refractivity contribution in [2.75, 3.05) is 6.16 Å². The van der Waals surface area contributed by atoms with Gasteiger partial charge in [0.2, 0.25) is 0 Å². The number of para-hydroxylation sites is 2. The van der Waals surface area contributed by atoms with Crippen LogP contribution in [0.2, 0.25) is 0 Å². The zero-order valence-corrected chi connectivity index (χ0v) is 16.4. The van der Waals surface area contributed by atoms with Gasteiger partial charge in [-0.15, -0.1) is 0 Å². The fraction of sp³-hybridized carbons (Fsp3) is 0.174. The van der Waals surface area contributed by atoms with Crippen molar-refractivity contribution in [2.24, 2.45) is 0 Å². The van der Waals surface area contributed by atoms with Gasteiger partial charge in [0.25, 0.3) is 0 Å². The highest BCUT2D eigenvalue weighted by atomic mass is 31.1. The Labute approximate surface area is 162 Å². The number of rotatable bonds is 9. The topological polar surface area (TPSA) is 35.5 Å². The Morgan fingerprint density at radius 2 is 1.22 bits per heavy atom. The first-order chi connectivity index (χ1) is 13.3. The molecule has 1 atom stereocenters. The van der Waals surface area contributed by atoms with E-state index < -0.39 is 0 Å². The van der Waals surface area contributed by atoms with Crippen molar-refractivity contribution in [1.82, 2.24) is 0 Å². The van der Waals surface area contributed by atoms with E-state index in [1.165, 1.54) is 0 Å². The van der Waals surface area contributed by atoms with E-state index >= 15 is 0 Å². The normalized spacial score (nSPS) is 10.9. The summed E-state index contributed by atoms with van der Waals surface area (Å²) in [4.78, 5) is 12.8. The Balaban J connectivity index is 1.82. The summed E-state index contributed by atoms with van der Waals surface area (Å²) in [6.45, 7) is 2.75. The van der Waals surface area contributed by atoms with E-state index in [0.717, 1.165) is 34.4 Å². The fourth-order valence-electron chi connectivity index (χ4n) is 2.79. The minimum atomic E-state index is 0.163. The van der Waals surface area contributed by atoms with E-state index in [9.17, 15) is 4.79 Å². The zero-order chi connectivity index (χ0) is 18.9. The van der Waals surface area contributed by atoms with E-state index in [2.05, 4.69) is 0 Å². The molecule has 0 saturated heterocycles. The van der Waals surface area contributed by atoms with Crippen LogP contribution in [0.3, 0.4) is 0 Å². The molecule has 0 bridgehead atoms. The second kappa shape index (κ2) is 9.89. The number of carbonyl (C=O) groups excluding carboxylic acids is 1. The van der Waals surface area contributed by atoms with Gasteiger partial charge in [-0.05, 0) is 39.0 Å². The Morgan fingerprint density at radius 1 is 0.741 bits per heavy atom. The zero-order valence-electron chi connectivity index (χ0n) is 15.4. The van der Waals surface area contributed by atoms with Crippen molar-refractivity contribution in [3.05, 3.63) is 95.6 Å². The van der Waals surface area contributed by atoms with E-state index in [1.807, 2.05) is 85.8 Å². The molecule has 0 N–H and O–H groups in total. The van der Waals surface area contributed by atoms with Crippen molar-refractivity contribution in [3.8, 4) is 11.5 Å². The smallest absolute Gasteiger partial charge is 0.181 e. The van der Waals surface area contributed by atoms with Crippen molar-refractivity contribution < 1.29 is 14.3 Å². The van der Waals surface area contributed by atoms with Gasteiger partial charge < -0.3 is 9.47 Å². The molecule has 3 aromatic rings. The lowest BCUT2D eigenvalue weighted by Gasteiger charge is -2.15. The summed E-state index contributed by atoms with van der Waals surface area (Å²) in [5.41, 5.74) is 2.71. The van der Waals surface area contributed by atoms with Crippen molar-refractivity contribution >= 4 is 14.1 Å². The van der Waals surface area contributed by atoms with Crippen LogP contribution in [0.1, 0.15) is 28.4 Å². The van der Waals surface area contributed by atoms with Gasteiger partial charge in [-0.3, -0.25) is 4.79 Å². The van der Waals surface area contributed by atoms with Gasteiger partial charge in [-0.25, -0.2) is 0 Å². The largest absolute Gasteiger partial charge is 0.489 e. The van der Waals surface area contributed by atoms with Gasteiger partial charge >= 0.3 is 0 Å². The lowest BCUT2D eigenvalue weighted by atomic mass is 10.0. The molecule has 138 valence electrons. The highest BCUT2D eigenvalue weighted by molar-refractivity contribution is 7.58. The standard InChI is InChI=1S/C23H23O3P/c1-2-27-23(24)22-18(16-25-20-12-5-3-6-13-20)10-9-11-19(22)17-26-21-14-7-4-8-15-21/h3-15,27H,2,16-17H2,1H3. The summed E-state index contributed by atoms with van der Waals surface area (Å²) in [6, 6.07) is 25.2. The lowest BCUT2D eigenvalue weighted by molar-refractivity contribution is 0.108. The van der Waals surface area contributed by atoms with Crippen LogP contribution >= 0.6 is 8.58 Å². The summed E-state index contributed by atoms with van der Waals surface area (Å²) >= 11 is 0. The first-order valence-corrected chi connectivity index (χ1v) is 10.2. The number of hydrogen-bond acceptors (Lipinski definition) is 3. The third kappa shape index (κ3) is 5.42. The van der Waals surface area contributed by atoms with Gasteiger partial charge in [-0.2, -0.15) is 0 Å². The number of carbonyl (C=O) groups is 1. The average molecular weight is 378 g/mol. The Bertz CT molecular complexity index is 802. The third-order valence-corrected chi connectivity index (χ3v) is 5.00. The number of ether oxygens (including phenoxy) is 2. The molecule has 0 aromatic heterocycles. The average Bonchev–Trinajstić information content (AvgIpc) is 2.72. The van der Waals surface area contributed by atoms with Crippen LogP contribution in [-0.4, -0.2) is 11.7 Å². The first-order valence-electron chi connectivity index (χ1n) is 9.02. The summed E-state index contributed by atoms with van der Waals surface area (Å²) in [5.74, 6) is 1.58. The molecule has 0 radical (unpaired) electrons. The molecule has 0 spiro atoms. The molecule has 3 nitrogen and oxygen atoms in total. The minimum absolute atomic E-state index is 0.163. The third-order valence-electron chi connectivity index (χ3n) is 4.08. The van der Waals surface area contributed by atoms with Crippen molar-refractivity contribution in [2.45, 2.75) is 20.1 Å². The molecule has 0 heterocycles.